The van der Waals surface area contributed by atoms with Gasteiger partial charge in [-0.25, -0.2) is 9.98 Å². The Kier molecular flexibility index (Phi) is 10.7. The Labute approximate surface area is 194 Å². The molecular formula is C21H35IN4O2S. The van der Waals surface area contributed by atoms with E-state index >= 15 is 0 Å². The molecule has 0 amide bonds. The summed E-state index contributed by atoms with van der Waals surface area (Å²) in [6.45, 7) is 6.25. The van der Waals surface area contributed by atoms with Gasteiger partial charge in [0.1, 0.15) is 0 Å². The summed E-state index contributed by atoms with van der Waals surface area (Å²) in [6, 6.07) is 4.30. The number of guanidine groups is 1. The molecule has 2 aliphatic carbocycles. The van der Waals surface area contributed by atoms with Crippen LogP contribution in [0, 0.1) is 5.92 Å². The van der Waals surface area contributed by atoms with E-state index in [-0.39, 0.29) is 24.0 Å². The fraction of sp³-hybridized carbons (Fsp3) is 0.714. The van der Waals surface area contributed by atoms with E-state index in [1.807, 2.05) is 25.3 Å². The van der Waals surface area contributed by atoms with Crippen LogP contribution >= 0.6 is 24.0 Å². The van der Waals surface area contributed by atoms with Crippen molar-refractivity contribution in [2.24, 2.45) is 10.9 Å². The molecule has 2 fully saturated rings. The van der Waals surface area contributed by atoms with Crippen LogP contribution in [0.1, 0.15) is 57.9 Å². The number of rotatable bonds is 9. The third-order valence-corrected chi connectivity index (χ3v) is 7.09. The predicted molar refractivity (Wildman–Crippen MR) is 131 cm³/mol. The molecule has 3 atom stereocenters. The topological polar surface area (TPSA) is 75.6 Å². The largest absolute Gasteiger partial charge is 0.477 e. The van der Waals surface area contributed by atoms with Crippen LogP contribution in [0.2, 0.25) is 0 Å². The molecule has 0 radical (unpaired) electrons. The first-order valence-corrected chi connectivity index (χ1v) is 12.1. The first-order valence-electron chi connectivity index (χ1n) is 10.7. The summed E-state index contributed by atoms with van der Waals surface area (Å²) in [5.41, 5.74) is 1.06. The lowest BCUT2D eigenvalue weighted by molar-refractivity contribution is 0.288. The number of halogens is 1. The minimum absolute atomic E-state index is 0. The Morgan fingerprint density at radius 3 is 2.76 bits per heavy atom. The van der Waals surface area contributed by atoms with E-state index in [4.69, 9.17) is 9.73 Å². The second kappa shape index (κ2) is 12.7. The van der Waals surface area contributed by atoms with Gasteiger partial charge in [0.2, 0.25) is 5.88 Å². The summed E-state index contributed by atoms with van der Waals surface area (Å²) < 4.78 is 17.9. The van der Waals surface area contributed by atoms with Crippen molar-refractivity contribution in [1.82, 2.24) is 15.6 Å². The van der Waals surface area contributed by atoms with Crippen LogP contribution in [-0.4, -0.2) is 45.3 Å². The van der Waals surface area contributed by atoms with E-state index in [1.54, 1.807) is 0 Å². The maximum absolute atomic E-state index is 12.2. The van der Waals surface area contributed by atoms with Crippen molar-refractivity contribution in [2.75, 3.05) is 18.9 Å². The van der Waals surface area contributed by atoms with Crippen molar-refractivity contribution in [3.8, 4) is 5.88 Å². The maximum Gasteiger partial charge on any atom is 0.213 e. The van der Waals surface area contributed by atoms with E-state index in [0.717, 1.165) is 62.0 Å². The zero-order chi connectivity index (χ0) is 19.8. The van der Waals surface area contributed by atoms with Crippen LogP contribution in [0.5, 0.6) is 5.88 Å². The molecule has 2 N–H and O–H groups in total. The minimum Gasteiger partial charge on any atom is -0.477 e. The van der Waals surface area contributed by atoms with Gasteiger partial charge in [-0.05, 0) is 50.5 Å². The van der Waals surface area contributed by atoms with Crippen molar-refractivity contribution in [2.45, 2.75) is 70.2 Å². The molecule has 0 aliphatic heterocycles. The van der Waals surface area contributed by atoms with E-state index in [1.165, 1.54) is 12.8 Å². The van der Waals surface area contributed by atoms with Crippen LogP contribution in [0.3, 0.4) is 0 Å². The minimum atomic E-state index is -0.710. The molecule has 164 valence electrons. The molecule has 0 spiro atoms. The van der Waals surface area contributed by atoms with Crippen LogP contribution in [0.15, 0.2) is 23.3 Å². The van der Waals surface area contributed by atoms with Gasteiger partial charge in [-0.15, -0.1) is 24.0 Å². The zero-order valence-corrected chi connectivity index (χ0v) is 20.7. The molecule has 0 saturated heterocycles. The van der Waals surface area contributed by atoms with Gasteiger partial charge < -0.3 is 15.4 Å². The number of nitrogens with one attached hydrogen (secondary N) is 2. The quantitative estimate of drug-likeness (QED) is 0.288. The fourth-order valence-electron chi connectivity index (χ4n) is 3.51. The third kappa shape index (κ3) is 8.39. The highest BCUT2D eigenvalue weighted by Crippen LogP contribution is 2.29. The van der Waals surface area contributed by atoms with Crippen molar-refractivity contribution in [3.05, 3.63) is 23.9 Å². The molecular weight excluding hydrogens is 499 g/mol. The van der Waals surface area contributed by atoms with Crippen molar-refractivity contribution >= 4 is 40.7 Å². The number of aliphatic imine (C=N–C) groups is 1. The van der Waals surface area contributed by atoms with E-state index in [9.17, 15) is 4.21 Å². The van der Waals surface area contributed by atoms with Gasteiger partial charge >= 0.3 is 0 Å². The molecule has 3 rings (SSSR count). The Morgan fingerprint density at radius 1 is 1.28 bits per heavy atom. The van der Waals surface area contributed by atoms with Crippen LogP contribution in [0.25, 0.3) is 0 Å². The molecule has 2 aliphatic rings. The monoisotopic (exact) mass is 534 g/mol. The van der Waals surface area contributed by atoms with Gasteiger partial charge in [0.05, 0.1) is 13.2 Å². The molecule has 1 aromatic rings. The number of nitrogens with zero attached hydrogens (tertiary/aromatic N) is 2. The van der Waals surface area contributed by atoms with E-state index in [0.29, 0.717) is 23.7 Å². The molecule has 0 aromatic carbocycles. The van der Waals surface area contributed by atoms with Gasteiger partial charge in [0.25, 0.3) is 0 Å². The molecule has 6 nitrogen and oxygen atoms in total. The molecule has 29 heavy (non-hydrogen) atoms. The Balaban J connectivity index is 0.00000300. The third-order valence-electron chi connectivity index (χ3n) is 5.35. The van der Waals surface area contributed by atoms with Crippen LogP contribution in [-0.2, 0) is 17.3 Å². The molecule has 1 aromatic heterocycles. The first kappa shape index (κ1) is 24.4. The highest BCUT2D eigenvalue weighted by atomic mass is 127. The standard InChI is InChI=1S/C21H34N4O2S.HI/c1-3-22-21(25-18-6-5-7-19(12-18)28(26)4-2)24-14-17-10-11-20(23-13-17)27-15-16-8-9-16;/h10-11,13,16,18-19H,3-9,12,14-15H2,1-2H3,(H2,22,24,25);1H. The summed E-state index contributed by atoms with van der Waals surface area (Å²) in [5.74, 6) is 3.00. The summed E-state index contributed by atoms with van der Waals surface area (Å²) in [6.07, 6.45) is 8.67. The lowest BCUT2D eigenvalue weighted by atomic mass is 9.95. The second-order valence-corrected chi connectivity index (χ2v) is 9.76. The Morgan fingerprint density at radius 2 is 2.10 bits per heavy atom. The van der Waals surface area contributed by atoms with Gasteiger partial charge in [0.15, 0.2) is 5.96 Å². The SMILES string of the molecule is CCNC(=NCc1ccc(OCC2CC2)nc1)NC1CCCC(S(=O)CC)C1.I. The highest BCUT2D eigenvalue weighted by molar-refractivity contribution is 14.0. The van der Waals surface area contributed by atoms with Crippen molar-refractivity contribution in [1.29, 1.82) is 0 Å². The molecule has 1 heterocycles. The van der Waals surface area contributed by atoms with Gasteiger partial charge in [-0.3, -0.25) is 4.21 Å². The van der Waals surface area contributed by atoms with Crippen LogP contribution < -0.4 is 15.4 Å². The zero-order valence-electron chi connectivity index (χ0n) is 17.6. The molecule has 8 heteroatoms. The van der Waals surface area contributed by atoms with Gasteiger partial charge in [0, 0.05) is 46.7 Å². The Bertz CT molecular complexity index is 667. The average Bonchev–Trinajstić information content (AvgIpc) is 3.55. The first-order chi connectivity index (χ1) is 13.7. The van der Waals surface area contributed by atoms with E-state index < -0.39 is 10.8 Å². The smallest absolute Gasteiger partial charge is 0.213 e. The van der Waals surface area contributed by atoms with Gasteiger partial charge in [-0.2, -0.15) is 0 Å². The normalized spacial score (nSPS) is 23.0. The number of ether oxygens (including phenoxy) is 1. The number of hydrogen-bond acceptors (Lipinski definition) is 4. The number of hydrogen-bond donors (Lipinski definition) is 2. The highest BCUT2D eigenvalue weighted by Gasteiger charge is 2.26. The maximum atomic E-state index is 12.2. The average molecular weight is 535 g/mol. The van der Waals surface area contributed by atoms with Gasteiger partial charge in [-0.1, -0.05) is 19.4 Å². The van der Waals surface area contributed by atoms with Crippen molar-refractivity contribution in [3.63, 3.8) is 0 Å². The molecule has 0 bridgehead atoms. The molecule has 3 unspecified atom stereocenters. The summed E-state index contributed by atoms with van der Waals surface area (Å²) in [7, 11) is -0.710. The summed E-state index contributed by atoms with van der Waals surface area (Å²) >= 11 is 0. The molecule has 2 saturated carbocycles. The lowest BCUT2D eigenvalue weighted by Crippen LogP contribution is -2.46. The predicted octanol–water partition coefficient (Wildman–Crippen LogP) is 3.62. The lowest BCUT2D eigenvalue weighted by Gasteiger charge is -2.30. The number of pyridine rings is 1. The Hall–Kier alpha value is -0.900. The van der Waals surface area contributed by atoms with E-state index in [2.05, 4.69) is 22.5 Å². The summed E-state index contributed by atoms with van der Waals surface area (Å²) in [4.78, 5) is 9.11. The van der Waals surface area contributed by atoms with Crippen molar-refractivity contribution < 1.29 is 8.95 Å². The summed E-state index contributed by atoms with van der Waals surface area (Å²) in [5, 5.41) is 7.19. The number of aromatic nitrogens is 1. The second-order valence-electron chi connectivity index (χ2n) is 7.75. The van der Waals surface area contributed by atoms with Crippen LogP contribution in [0.4, 0.5) is 0 Å². The fourth-order valence-corrected chi connectivity index (χ4v) is 4.86.